The number of rotatable bonds is 7. The number of aliphatic hydroxyl groups excluding tert-OH is 1. The highest BCUT2D eigenvalue weighted by Gasteiger charge is 2.11. The van der Waals surface area contributed by atoms with Crippen LogP contribution in [0, 0.1) is 0 Å². The lowest BCUT2D eigenvalue weighted by atomic mass is 10.1. The molecular weight excluding hydrogens is 260 g/mol. The van der Waals surface area contributed by atoms with Crippen molar-refractivity contribution in [3.63, 3.8) is 0 Å². The Morgan fingerprint density at radius 3 is 2.74 bits per heavy atom. The van der Waals surface area contributed by atoms with Crippen LogP contribution in [0.2, 0.25) is 0 Å². The molecule has 0 amide bonds. The summed E-state index contributed by atoms with van der Waals surface area (Å²) in [7, 11) is 0. The van der Waals surface area contributed by atoms with Gasteiger partial charge in [0.15, 0.2) is 5.05 Å². The third kappa shape index (κ3) is 5.75. The average Bonchev–Trinajstić information content (AvgIpc) is 2.30. The summed E-state index contributed by atoms with van der Waals surface area (Å²) >= 11 is 5.15. The summed E-state index contributed by atoms with van der Waals surface area (Å²) in [5, 5.41) is 9.72. The van der Waals surface area contributed by atoms with Gasteiger partial charge in [-0.05, 0) is 32.1 Å². The van der Waals surface area contributed by atoms with Gasteiger partial charge in [0, 0.05) is 18.4 Å². The Bertz CT molecular complexity index is 443. The third-order valence-electron chi connectivity index (χ3n) is 2.46. The summed E-state index contributed by atoms with van der Waals surface area (Å²) in [6, 6.07) is 7.69. The normalized spacial score (nSPS) is 11.7. The summed E-state index contributed by atoms with van der Waals surface area (Å²) in [4.78, 5) is 0. The number of benzene rings is 1. The molecule has 0 aliphatic carbocycles. The fourth-order valence-electron chi connectivity index (χ4n) is 1.72. The van der Waals surface area contributed by atoms with Gasteiger partial charge in [0.1, 0.15) is 11.9 Å². The largest absolute Gasteiger partial charge is 0.513 e. The summed E-state index contributed by atoms with van der Waals surface area (Å²) in [6.45, 7) is 7.83. The van der Waals surface area contributed by atoms with E-state index >= 15 is 0 Å². The van der Waals surface area contributed by atoms with Gasteiger partial charge in [-0.2, -0.15) is 0 Å². The van der Waals surface area contributed by atoms with E-state index in [4.69, 9.17) is 21.7 Å². The maximum Gasteiger partial charge on any atom is 0.164 e. The molecule has 0 spiro atoms. The van der Waals surface area contributed by atoms with Crippen LogP contribution >= 0.6 is 12.2 Å². The van der Waals surface area contributed by atoms with Crippen molar-refractivity contribution in [1.82, 2.24) is 0 Å². The van der Waals surface area contributed by atoms with Gasteiger partial charge in [0.2, 0.25) is 0 Å². The van der Waals surface area contributed by atoms with E-state index in [0.29, 0.717) is 24.5 Å². The van der Waals surface area contributed by atoms with Crippen molar-refractivity contribution in [2.75, 3.05) is 6.61 Å². The van der Waals surface area contributed by atoms with Crippen LogP contribution in [0.5, 0.6) is 5.75 Å². The fourth-order valence-corrected chi connectivity index (χ4v) is 2.00. The molecule has 0 fully saturated rings. The summed E-state index contributed by atoms with van der Waals surface area (Å²) in [6.07, 6.45) is 0.815. The second-order valence-corrected chi connectivity index (χ2v) is 4.74. The quantitative estimate of drug-likeness (QED) is 0.608. The molecule has 1 aromatic rings. The first kappa shape index (κ1) is 15.5. The molecule has 4 heteroatoms. The van der Waals surface area contributed by atoms with Crippen molar-refractivity contribution in [1.29, 1.82) is 0 Å². The minimum absolute atomic E-state index is 0.120. The molecule has 0 saturated carbocycles. The molecule has 0 aliphatic rings. The molecule has 1 unspecified atom stereocenters. The molecule has 0 bridgehead atoms. The van der Waals surface area contributed by atoms with Gasteiger partial charge in [-0.15, -0.1) is 0 Å². The first-order valence-electron chi connectivity index (χ1n) is 6.29. The van der Waals surface area contributed by atoms with Crippen LogP contribution in [0.1, 0.15) is 25.8 Å². The van der Waals surface area contributed by atoms with Crippen LogP contribution in [-0.2, 0) is 11.2 Å². The van der Waals surface area contributed by atoms with Crippen LogP contribution < -0.4 is 4.74 Å². The predicted molar refractivity (Wildman–Crippen MR) is 80.8 cm³/mol. The monoisotopic (exact) mass is 280 g/mol. The fraction of sp³-hybridized carbons (Fsp3) is 0.400. The molecule has 0 saturated heterocycles. The van der Waals surface area contributed by atoms with E-state index in [-0.39, 0.29) is 11.9 Å². The number of thiocarbonyl (C=S) groups is 1. The molecule has 1 N–H and O–H groups in total. The van der Waals surface area contributed by atoms with Crippen LogP contribution in [0.25, 0.3) is 0 Å². The van der Waals surface area contributed by atoms with Gasteiger partial charge in [-0.1, -0.05) is 24.8 Å². The zero-order valence-electron chi connectivity index (χ0n) is 11.4. The molecule has 1 rings (SSSR count). The van der Waals surface area contributed by atoms with Crippen molar-refractivity contribution in [3.8, 4) is 5.75 Å². The lowest BCUT2D eigenvalue weighted by molar-refractivity contribution is 0.200. The van der Waals surface area contributed by atoms with E-state index in [2.05, 4.69) is 6.58 Å². The van der Waals surface area contributed by atoms with Gasteiger partial charge in [0.25, 0.3) is 0 Å². The Balaban J connectivity index is 2.72. The van der Waals surface area contributed by atoms with Crippen molar-refractivity contribution in [3.05, 3.63) is 42.2 Å². The topological polar surface area (TPSA) is 38.7 Å². The third-order valence-corrected chi connectivity index (χ3v) is 2.73. The van der Waals surface area contributed by atoms with E-state index in [9.17, 15) is 5.11 Å². The Kier molecular flexibility index (Phi) is 6.36. The molecule has 1 atom stereocenters. The van der Waals surface area contributed by atoms with E-state index < -0.39 is 0 Å². The maximum atomic E-state index is 9.17. The van der Waals surface area contributed by atoms with Gasteiger partial charge < -0.3 is 14.6 Å². The van der Waals surface area contributed by atoms with Crippen molar-refractivity contribution < 1.29 is 14.6 Å². The standard InChI is InChI=1S/C15H20O3S/c1-4-17-15(19)10-13-7-5-6-8-14(13)18-12(3)9-11(2)16/h5-8,12,16H,2,4,9-10H2,1,3H3. The van der Waals surface area contributed by atoms with Crippen molar-refractivity contribution in [2.24, 2.45) is 0 Å². The van der Waals surface area contributed by atoms with Crippen LogP contribution in [0.4, 0.5) is 0 Å². The predicted octanol–water partition coefficient (Wildman–Crippen LogP) is 3.82. The molecule has 0 radical (unpaired) electrons. The van der Waals surface area contributed by atoms with Gasteiger partial charge in [-0.3, -0.25) is 0 Å². The SMILES string of the molecule is C=C(O)CC(C)Oc1ccccc1CC(=S)OCC. The molecule has 19 heavy (non-hydrogen) atoms. The molecule has 104 valence electrons. The minimum atomic E-state index is -0.140. The number of aliphatic hydroxyl groups is 1. The molecule has 3 nitrogen and oxygen atoms in total. The second-order valence-electron chi connectivity index (χ2n) is 4.29. The van der Waals surface area contributed by atoms with E-state index in [1.54, 1.807) is 0 Å². The number of para-hydroxylation sites is 1. The van der Waals surface area contributed by atoms with Gasteiger partial charge in [0.05, 0.1) is 12.4 Å². The second kappa shape index (κ2) is 7.79. The molecule has 0 heterocycles. The lowest BCUT2D eigenvalue weighted by Crippen LogP contribution is -2.14. The van der Waals surface area contributed by atoms with Crippen LogP contribution in [0.3, 0.4) is 0 Å². The van der Waals surface area contributed by atoms with Crippen LogP contribution in [0.15, 0.2) is 36.6 Å². The number of hydrogen-bond acceptors (Lipinski definition) is 4. The minimum Gasteiger partial charge on any atom is -0.513 e. The average molecular weight is 280 g/mol. The zero-order valence-corrected chi connectivity index (χ0v) is 12.2. The van der Waals surface area contributed by atoms with Gasteiger partial charge >= 0.3 is 0 Å². The summed E-state index contributed by atoms with van der Waals surface area (Å²) < 4.78 is 11.1. The lowest BCUT2D eigenvalue weighted by Gasteiger charge is -2.17. The molecule has 0 aromatic heterocycles. The first-order chi connectivity index (χ1) is 9.02. The first-order valence-corrected chi connectivity index (χ1v) is 6.70. The smallest absolute Gasteiger partial charge is 0.164 e. The van der Waals surface area contributed by atoms with E-state index in [0.717, 1.165) is 11.3 Å². The molecule has 0 aliphatic heterocycles. The highest BCUT2D eigenvalue weighted by atomic mass is 32.1. The Hall–Kier alpha value is -1.55. The highest BCUT2D eigenvalue weighted by Crippen LogP contribution is 2.21. The number of hydrogen-bond donors (Lipinski definition) is 1. The summed E-state index contributed by atoms with van der Waals surface area (Å²) in [5.41, 5.74) is 0.983. The maximum absolute atomic E-state index is 9.17. The van der Waals surface area contributed by atoms with Crippen molar-refractivity contribution in [2.45, 2.75) is 32.8 Å². The van der Waals surface area contributed by atoms with E-state index in [1.807, 2.05) is 38.1 Å². The van der Waals surface area contributed by atoms with Gasteiger partial charge in [-0.25, -0.2) is 0 Å². The van der Waals surface area contributed by atoms with Crippen LogP contribution in [-0.4, -0.2) is 22.9 Å². The molecular formula is C15H20O3S. The Morgan fingerprint density at radius 2 is 2.11 bits per heavy atom. The summed E-state index contributed by atoms with van der Waals surface area (Å²) in [5.74, 6) is 0.883. The Labute approximate surface area is 119 Å². The van der Waals surface area contributed by atoms with Crippen molar-refractivity contribution >= 4 is 17.3 Å². The number of ether oxygens (including phenoxy) is 2. The highest BCUT2D eigenvalue weighted by molar-refractivity contribution is 7.80. The Morgan fingerprint density at radius 1 is 1.42 bits per heavy atom. The molecule has 1 aromatic carbocycles. The van der Waals surface area contributed by atoms with E-state index in [1.165, 1.54) is 0 Å². The zero-order chi connectivity index (χ0) is 14.3.